The van der Waals surface area contributed by atoms with Crippen molar-refractivity contribution in [2.24, 2.45) is 0 Å². The number of rotatable bonds is 2. The number of benzene rings is 3. The van der Waals surface area contributed by atoms with Gasteiger partial charge >= 0.3 is 0 Å². The second kappa shape index (κ2) is 5.21. The molecule has 0 bridgehead atoms. The van der Waals surface area contributed by atoms with Crippen molar-refractivity contribution in [1.29, 1.82) is 0 Å². The lowest BCUT2D eigenvalue weighted by Crippen LogP contribution is -2.05. The molecule has 0 heterocycles. The van der Waals surface area contributed by atoms with E-state index in [1.165, 1.54) is 27.5 Å². The van der Waals surface area contributed by atoms with Crippen LogP contribution in [0.2, 0.25) is 0 Å². The lowest BCUT2D eigenvalue weighted by Gasteiger charge is -2.17. The minimum Gasteiger partial charge on any atom is -0.0802 e. The maximum absolute atomic E-state index is 2.42. The summed E-state index contributed by atoms with van der Waals surface area (Å²) in [7, 11) is 0. The van der Waals surface area contributed by atoms with Gasteiger partial charge in [-0.25, -0.2) is 0 Å². The molecule has 0 atom stereocenters. The normalized spacial score (nSPS) is 13.8. The third kappa shape index (κ3) is 2.38. The van der Waals surface area contributed by atoms with E-state index in [9.17, 15) is 0 Å². The molecule has 0 aromatic heterocycles. The molecule has 1 aliphatic carbocycles. The molecule has 3 aromatic carbocycles. The summed E-state index contributed by atoms with van der Waals surface area (Å²) < 4.78 is 0. The number of fused-ring (bicyclic) bond motifs is 2. The number of allylic oxidation sites excluding steroid dienone is 2. The standard InChI is InChI=1S/C21H18/c1-2-8-19-14-16(12-13-17(19)6-1)15-20-10-5-9-18-7-3-4-11-21(18)20/h1-12H,13-15H2. The Labute approximate surface area is 125 Å². The van der Waals surface area contributed by atoms with Crippen LogP contribution in [0, 0.1) is 0 Å². The number of hydrogen-bond acceptors (Lipinski definition) is 0. The fraction of sp³-hybridized carbons (Fsp3) is 0.143. The monoisotopic (exact) mass is 270 g/mol. The highest BCUT2D eigenvalue weighted by Crippen LogP contribution is 2.26. The summed E-state index contributed by atoms with van der Waals surface area (Å²) in [6.45, 7) is 0. The molecule has 0 N–H and O–H groups in total. The molecule has 0 fully saturated rings. The van der Waals surface area contributed by atoms with Gasteiger partial charge in [-0.05, 0) is 46.7 Å². The number of hydrogen-bond donors (Lipinski definition) is 0. The van der Waals surface area contributed by atoms with Crippen molar-refractivity contribution in [3.63, 3.8) is 0 Å². The highest BCUT2D eigenvalue weighted by atomic mass is 14.2. The average molecular weight is 270 g/mol. The fourth-order valence-corrected chi connectivity index (χ4v) is 3.33. The van der Waals surface area contributed by atoms with E-state index < -0.39 is 0 Å². The van der Waals surface area contributed by atoms with Crippen molar-refractivity contribution >= 4 is 10.8 Å². The Bertz CT molecular complexity index is 819. The van der Waals surface area contributed by atoms with Crippen LogP contribution in [0.4, 0.5) is 0 Å². The Morgan fingerprint density at radius 3 is 2.43 bits per heavy atom. The fourth-order valence-electron chi connectivity index (χ4n) is 3.33. The van der Waals surface area contributed by atoms with Gasteiger partial charge in [0.05, 0.1) is 0 Å². The molecule has 0 radical (unpaired) electrons. The van der Waals surface area contributed by atoms with Gasteiger partial charge in [-0.1, -0.05) is 78.4 Å². The van der Waals surface area contributed by atoms with E-state index in [1.807, 2.05) is 0 Å². The van der Waals surface area contributed by atoms with Crippen molar-refractivity contribution in [3.8, 4) is 0 Å². The second-order valence-corrected chi connectivity index (χ2v) is 5.83. The smallest absolute Gasteiger partial charge is 0.00575 e. The summed E-state index contributed by atoms with van der Waals surface area (Å²) in [4.78, 5) is 0. The maximum Gasteiger partial charge on any atom is -0.00575 e. The quantitative estimate of drug-likeness (QED) is 0.568. The van der Waals surface area contributed by atoms with Crippen molar-refractivity contribution in [2.75, 3.05) is 0 Å². The topological polar surface area (TPSA) is 0 Å². The van der Waals surface area contributed by atoms with E-state index in [-0.39, 0.29) is 0 Å². The first kappa shape index (κ1) is 12.4. The lowest BCUT2D eigenvalue weighted by molar-refractivity contribution is 0.961. The highest BCUT2D eigenvalue weighted by Gasteiger charge is 2.11. The van der Waals surface area contributed by atoms with Gasteiger partial charge in [-0.2, -0.15) is 0 Å². The second-order valence-electron chi connectivity index (χ2n) is 5.83. The molecule has 21 heavy (non-hydrogen) atoms. The molecular weight excluding hydrogens is 252 g/mol. The van der Waals surface area contributed by atoms with E-state index in [0.717, 1.165) is 19.3 Å². The zero-order valence-electron chi connectivity index (χ0n) is 12.0. The molecule has 0 saturated heterocycles. The van der Waals surface area contributed by atoms with Crippen LogP contribution in [0.1, 0.15) is 16.7 Å². The van der Waals surface area contributed by atoms with Crippen LogP contribution in [-0.2, 0) is 19.3 Å². The van der Waals surface area contributed by atoms with Gasteiger partial charge in [-0.15, -0.1) is 0 Å². The van der Waals surface area contributed by atoms with Crippen molar-refractivity contribution in [1.82, 2.24) is 0 Å². The van der Waals surface area contributed by atoms with Crippen molar-refractivity contribution in [3.05, 3.63) is 95.1 Å². The van der Waals surface area contributed by atoms with Crippen LogP contribution in [0.25, 0.3) is 10.8 Å². The Morgan fingerprint density at radius 1 is 0.714 bits per heavy atom. The van der Waals surface area contributed by atoms with Crippen LogP contribution in [0.3, 0.4) is 0 Å². The Hall–Kier alpha value is -2.34. The molecule has 3 aromatic rings. The van der Waals surface area contributed by atoms with Crippen molar-refractivity contribution < 1.29 is 0 Å². The van der Waals surface area contributed by atoms with Gasteiger partial charge in [-0.3, -0.25) is 0 Å². The maximum atomic E-state index is 2.42. The van der Waals surface area contributed by atoms with E-state index in [4.69, 9.17) is 0 Å². The summed E-state index contributed by atoms with van der Waals surface area (Å²) in [5.41, 5.74) is 5.97. The first-order chi connectivity index (χ1) is 10.4. The van der Waals surface area contributed by atoms with Gasteiger partial charge in [0.15, 0.2) is 0 Å². The SMILES string of the molecule is C1=C(Cc2cccc3ccccc23)Cc2ccccc2C1. The zero-order valence-corrected chi connectivity index (χ0v) is 12.0. The van der Waals surface area contributed by atoms with Gasteiger partial charge < -0.3 is 0 Å². The Morgan fingerprint density at radius 2 is 1.48 bits per heavy atom. The molecule has 0 amide bonds. The summed E-state index contributed by atoms with van der Waals surface area (Å²) in [6.07, 6.45) is 5.66. The summed E-state index contributed by atoms with van der Waals surface area (Å²) in [5, 5.41) is 2.73. The minimum absolute atomic E-state index is 1.07. The molecule has 0 spiro atoms. The average Bonchev–Trinajstić information content (AvgIpc) is 2.55. The third-order valence-electron chi connectivity index (χ3n) is 4.44. The molecule has 0 nitrogen and oxygen atoms in total. The molecule has 4 rings (SSSR count). The molecule has 0 unspecified atom stereocenters. The molecule has 0 heteroatoms. The molecule has 102 valence electrons. The van der Waals surface area contributed by atoms with E-state index >= 15 is 0 Å². The molecular formula is C21H18. The third-order valence-corrected chi connectivity index (χ3v) is 4.44. The summed E-state index contributed by atoms with van der Waals surface area (Å²) in [5.74, 6) is 0. The predicted octanol–water partition coefficient (Wildman–Crippen LogP) is 5.11. The van der Waals surface area contributed by atoms with Crippen LogP contribution < -0.4 is 0 Å². The van der Waals surface area contributed by atoms with E-state index in [0.29, 0.717) is 0 Å². The molecule has 0 saturated carbocycles. The first-order valence-corrected chi connectivity index (χ1v) is 7.61. The lowest BCUT2D eigenvalue weighted by atomic mass is 9.87. The van der Waals surface area contributed by atoms with Gasteiger partial charge in [0.1, 0.15) is 0 Å². The van der Waals surface area contributed by atoms with Crippen LogP contribution in [0.5, 0.6) is 0 Å². The summed E-state index contributed by atoms with van der Waals surface area (Å²) in [6, 6.07) is 24.1. The van der Waals surface area contributed by atoms with E-state index in [1.54, 1.807) is 5.57 Å². The highest BCUT2D eigenvalue weighted by molar-refractivity contribution is 5.85. The predicted molar refractivity (Wildman–Crippen MR) is 89.6 cm³/mol. The first-order valence-electron chi connectivity index (χ1n) is 7.61. The van der Waals surface area contributed by atoms with Crippen molar-refractivity contribution in [2.45, 2.75) is 19.3 Å². The van der Waals surface area contributed by atoms with Gasteiger partial charge in [0.25, 0.3) is 0 Å². The van der Waals surface area contributed by atoms with Crippen LogP contribution in [-0.4, -0.2) is 0 Å². The Kier molecular flexibility index (Phi) is 3.08. The molecule has 1 aliphatic rings. The van der Waals surface area contributed by atoms with Gasteiger partial charge in [0, 0.05) is 0 Å². The van der Waals surface area contributed by atoms with E-state index in [2.05, 4.69) is 72.8 Å². The van der Waals surface area contributed by atoms with Crippen LogP contribution >= 0.6 is 0 Å². The van der Waals surface area contributed by atoms with Crippen LogP contribution in [0.15, 0.2) is 78.4 Å². The zero-order chi connectivity index (χ0) is 14.1. The molecule has 0 aliphatic heterocycles. The Balaban J connectivity index is 1.66. The minimum atomic E-state index is 1.07. The largest absolute Gasteiger partial charge is 0.0802 e. The van der Waals surface area contributed by atoms with Gasteiger partial charge in [0.2, 0.25) is 0 Å². The summed E-state index contributed by atoms with van der Waals surface area (Å²) >= 11 is 0.